The van der Waals surface area contributed by atoms with Crippen molar-refractivity contribution < 1.29 is 17.9 Å². The highest BCUT2D eigenvalue weighted by Crippen LogP contribution is 2.18. The number of benzene rings is 2. The molecule has 0 radical (unpaired) electrons. The van der Waals surface area contributed by atoms with Crippen LogP contribution in [0.25, 0.3) is 0 Å². The van der Waals surface area contributed by atoms with E-state index in [4.69, 9.17) is 4.74 Å². The Kier molecular flexibility index (Phi) is 8.22. The molecule has 0 spiro atoms. The lowest BCUT2D eigenvalue weighted by atomic mass is 10.0. The van der Waals surface area contributed by atoms with Crippen molar-refractivity contribution >= 4 is 15.9 Å². The molecule has 0 aliphatic rings. The van der Waals surface area contributed by atoms with Gasteiger partial charge < -0.3 is 10.1 Å². The van der Waals surface area contributed by atoms with E-state index in [1.54, 1.807) is 19.1 Å². The summed E-state index contributed by atoms with van der Waals surface area (Å²) in [7, 11) is -3.63. The summed E-state index contributed by atoms with van der Waals surface area (Å²) in [6.45, 7) is 8.67. The molecule has 2 aromatic carbocycles. The van der Waals surface area contributed by atoms with Crippen molar-refractivity contribution in [1.29, 1.82) is 0 Å². The van der Waals surface area contributed by atoms with Crippen molar-refractivity contribution in [2.45, 2.75) is 44.9 Å². The van der Waals surface area contributed by atoms with Crippen LogP contribution in [-0.2, 0) is 14.8 Å². The molecule has 0 atom stereocenters. The number of rotatable bonds is 10. The summed E-state index contributed by atoms with van der Waals surface area (Å²) in [6, 6.07) is 13.0. The lowest BCUT2D eigenvalue weighted by Gasteiger charge is -2.11. The minimum atomic E-state index is -3.63. The predicted octanol–water partition coefficient (Wildman–Crippen LogP) is 3.29. The fourth-order valence-electron chi connectivity index (χ4n) is 2.87. The van der Waals surface area contributed by atoms with Gasteiger partial charge in [0.25, 0.3) is 0 Å². The van der Waals surface area contributed by atoms with Gasteiger partial charge in [0.1, 0.15) is 12.4 Å². The van der Waals surface area contributed by atoms with E-state index in [0.29, 0.717) is 24.6 Å². The number of ether oxygens (including phenoxy) is 1. The van der Waals surface area contributed by atoms with Crippen LogP contribution < -0.4 is 14.8 Å². The zero-order valence-electron chi connectivity index (χ0n) is 17.5. The summed E-state index contributed by atoms with van der Waals surface area (Å²) in [6.07, 6.45) is 0.0627. The minimum absolute atomic E-state index is 0.0407. The van der Waals surface area contributed by atoms with Gasteiger partial charge in [-0.2, -0.15) is 0 Å². The molecular weight excluding hydrogens is 388 g/mol. The molecule has 29 heavy (non-hydrogen) atoms. The van der Waals surface area contributed by atoms with E-state index in [-0.39, 0.29) is 23.8 Å². The largest absolute Gasteiger partial charge is 0.492 e. The second-order valence-corrected chi connectivity index (χ2v) is 9.07. The van der Waals surface area contributed by atoms with Gasteiger partial charge in [-0.25, -0.2) is 13.1 Å². The Morgan fingerprint density at radius 3 is 2.34 bits per heavy atom. The number of hydrogen-bond acceptors (Lipinski definition) is 4. The van der Waals surface area contributed by atoms with Crippen LogP contribution in [0.15, 0.2) is 47.4 Å². The monoisotopic (exact) mass is 418 g/mol. The van der Waals surface area contributed by atoms with Crippen LogP contribution in [0, 0.1) is 13.8 Å². The Balaban J connectivity index is 1.69. The third kappa shape index (κ3) is 7.18. The van der Waals surface area contributed by atoms with E-state index < -0.39 is 10.0 Å². The highest BCUT2D eigenvalue weighted by atomic mass is 32.2. The Bertz CT molecular complexity index is 922. The maximum atomic E-state index is 12.4. The van der Waals surface area contributed by atoms with Crippen LogP contribution in [0.2, 0.25) is 0 Å². The molecule has 2 rings (SSSR count). The standard InChI is InChI=1S/C22H30N2O4S/c1-16(2)19-6-8-20(9-7-19)28-14-13-23-22(25)11-12-24-29(26,27)21-10-5-17(3)15-18(21)4/h5-10,15-16,24H,11-14H2,1-4H3,(H,23,25). The first-order chi connectivity index (χ1) is 13.7. The Hall–Kier alpha value is -2.38. The molecule has 0 aromatic heterocycles. The number of sulfonamides is 1. The lowest BCUT2D eigenvalue weighted by molar-refractivity contribution is -0.121. The minimum Gasteiger partial charge on any atom is -0.492 e. The van der Waals surface area contributed by atoms with Gasteiger partial charge in [-0.15, -0.1) is 0 Å². The van der Waals surface area contributed by atoms with E-state index in [0.717, 1.165) is 11.3 Å². The summed E-state index contributed by atoms with van der Waals surface area (Å²) < 4.78 is 32.8. The van der Waals surface area contributed by atoms with Crippen LogP contribution in [0.1, 0.15) is 42.9 Å². The normalized spacial score (nSPS) is 11.5. The van der Waals surface area contributed by atoms with Crippen molar-refractivity contribution in [3.8, 4) is 5.75 Å². The molecule has 1 amide bonds. The van der Waals surface area contributed by atoms with E-state index >= 15 is 0 Å². The Morgan fingerprint density at radius 2 is 1.72 bits per heavy atom. The van der Waals surface area contributed by atoms with Crippen molar-refractivity contribution in [3.63, 3.8) is 0 Å². The zero-order chi connectivity index (χ0) is 21.4. The highest BCUT2D eigenvalue weighted by molar-refractivity contribution is 7.89. The quantitative estimate of drug-likeness (QED) is 0.580. The van der Waals surface area contributed by atoms with Gasteiger partial charge in [0.15, 0.2) is 0 Å². The van der Waals surface area contributed by atoms with Gasteiger partial charge in [0.2, 0.25) is 15.9 Å². The predicted molar refractivity (Wildman–Crippen MR) is 115 cm³/mol. The molecule has 0 aliphatic carbocycles. The Labute approximate surface area is 173 Å². The molecule has 0 heterocycles. The number of nitrogens with one attached hydrogen (secondary N) is 2. The topological polar surface area (TPSA) is 84.5 Å². The molecule has 0 saturated carbocycles. The summed E-state index contributed by atoms with van der Waals surface area (Å²) in [5.74, 6) is 0.993. The Morgan fingerprint density at radius 1 is 1.03 bits per heavy atom. The molecule has 0 saturated heterocycles. The van der Waals surface area contributed by atoms with Crippen LogP contribution in [0.3, 0.4) is 0 Å². The molecule has 0 aliphatic heterocycles. The smallest absolute Gasteiger partial charge is 0.240 e. The van der Waals surface area contributed by atoms with Crippen LogP contribution in [0.5, 0.6) is 5.75 Å². The van der Waals surface area contributed by atoms with E-state index in [9.17, 15) is 13.2 Å². The SMILES string of the molecule is Cc1ccc(S(=O)(=O)NCCC(=O)NCCOc2ccc(C(C)C)cc2)c(C)c1. The number of hydrogen-bond donors (Lipinski definition) is 2. The fraction of sp³-hybridized carbons (Fsp3) is 0.409. The van der Waals surface area contributed by atoms with Gasteiger partial charge in [0.05, 0.1) is 11.4 Å². The summed E-state index contributed by atoms with van der Waals surface area (Å²) in [5, 5.41) is 2.73. The summed E-state index contributed by atoms with van der Waals surface area (Å²) in [4.78, 5) is 12.1. The molecule has 2 N–H and O–H groups in total. The molecule has 6 nitrogen and oxygen atoms in total. The molecular formula is C22H30N2O4S. The number of carbonyl (C=O) groups excluding carboxylic acids is 1. The molecule has 158 valence electrons. The van der Waals surface area contributed by atoms with Crippen molar-refractivity contribution in [3.05, 3.63) is 59.2 Å². The average Bonchev–Trinajstić information content (AvgIpc) is 2.65. The van der Waals surface area contributed by atoms with E-state index in [1.165, 1.54) is 5.56 Å². The molecule has 0 unspecified atom stereocenters. The van der Waals surface area contributed by atoms with Crippen molar-refractivity contribution in [1.82, 2.24) is 10.0 Å². The molecule has 2 aromatic rings. The van der Waals surface area contributed by atoms with Crippen molar-refractivity contribution in [2.75, 3.05) is 19.7 Å². The van der Waals surface area contributed by atoms with Crippen LogP contribution in [-0.4, -0.2) is 34.0 Å². The van der Waals surface area contributed by atoms with Gasteiger partial charge in [-0.05, 0) is 49.1 Å². The first-order valence-corrected chi connectivity index (χ1v) is 11.2. The van der Waals surface area contributed by atoms with Gasteiger partial charge >= 0.3 is 0 Å². The lowest BCUT2D eigenvalue weighted by Crippen LogP contribution is -2.33. The second-order valence-electron chi connectivity index (χ2n) is 7.34. The van der Waals surface area contributed by atoms with E-state index in [2.05, 4.69) is 23.9 Å². The highest BCUT2D eigenvalue weighted by Gasteiger charge is 2.16. The fourth-order valence-corrected chi connectivity index (χ4v) is 4.13. The van der Waals surface area contributed by atoms with E-state index in [1.807, 2.05) is 37.3 Å². The number of amides is 1. The summed E-state index contributed by atoms with van der Waals surface area (Å²) in [5.41, 5.74) is 2.92. The van der Waals surface area contributed by atoms with Gasteiger partial charge in [-0.1, -0.05) is 43.7 Å². The first-order valence-electron chi connectivity index (χ1n) is 9.75. The third-order valence-corrected chi connectivity index (χ3v) is 6.13. The maximum absolute atomic E-state index is 12.4. The number of carbonyl (C=O) groups is 1. The van der Waals surface area contributed by atoms with Gasteiger partial charge in [-0.3, -0.25) is 4.79 Å². The second kappa shape index (κ2) is 10.4. The number of aryl methyl sites for hydroxylation is 2. The van der Waals surface area contributed by atoms with Crippen LogP contribution >= 0.6 is 0 Å². The first kappa shape index (κ1) is 22.9. The third-order valence-electron chi connectivity index (χ3n) is 4.50. The van der Waals surface area contributed by atoms with Crippen molar-refractivity contribution in [2.24, 2.45) is 0 Å². The molecule has 0 fully saturated rings. The average molecular weight is 419 g/mol. The summed E-state index contributed by atoms with van der Waals surface area (Å²) >= 11 is 0. The zero-order valence-corrected chi connectivity index (χ0v) is 18.3. The molecule has 7 heteroatoms. The molecule has 0 bridgehead atoms. The maximum Gasteiger partial charge on any atom is 0.240 e. The van der Waals surface area contributed by atoms with Crippen LogP contribution in [0.4, 0.5) is 0 Å². The van der Waals surface area contributed by atoms with Gasteiger partial charge in [0, 0.05) is 13.0 Å².